The van der Waals surface area contributed by atoms with Gasteiger partial charge in [0.2, 0.25) is 0 Å². The molecular formula is C14H28Na2O8S. The Bertz CT molecular complexity index is 334. The third-order valence-corrected chi connectivity index (χ3v) is 2.76. The Balaban J connectivity index is -0.000000276. The van der Waals surface area contributed by atoms with Crippen LogP contribution in [0.1, 0.15) is 71.1 Å². The topological polar surface area (TPSA) is 117 Å². The molecule has 0 spiro atoms. The van der Waals surface area contributed by atoms with Gasteiger partial charge in [0.25, 0.3) is 0 Å². The van der Waals surface area contributed by atoms with Crippen molar-refractivity contribution in [2.45, 2.75) is 71.1 Å². The van der Waals surface area contributed by atoms with Crippen molar-refractivity contribution in [2.75, 3.05) is 6.61 Å². The molecule has 0 amide bonds. The second-order valence-electron chi connectivity index (χ2n) is 4.81. The predicted molar refractivity (Wildman–Crippen MR) is 81.7 cm³/mol. The molecule has 0 fully saturated rings. The maximum absolute atomic E-state index is 8.52. The molecule has 0 unspecified atom stereocenters. The van der Waals surface area contributed by atoms with Gasteiger partial charge in [-0.05, 0) is 11.5 Å². The summed E-state index contributed by atoms with van der Waals surface area (Å²) in [6, 6.07) is 0. The average molecular weight is 402 g/mol. The second kappa shape index (κ2) is 27.5. The van der Waals surface area contributed by atoms with Crippen LogP contribution >= 0.6 is 0 Å². The summed E-state index contributed by atoms with van der Waals surface area (Å²) in [6.07, 6.45) is 14.1. The maximum atomic E-state index is 8.52. The molecule has 0 atom stereocenters. The van der Waals surface area contributed by atoms with Crippen LogP contribution in [-0.4, -0.2) is 24.1 Å². The van der Waals surface area contributed by atoms with Crippen LogP contribution < -0.4 is 59.1 Å². The summed E-state index contributed by atoms with van der Waals surface area (Å²) >= 11 is 0. The van der Waals surface area contributed by atoms with Crippen LogP contribution in [0, 0.1) is 0 Å². The van der Waals surface area contributed by atoms with Crippen molar-refractivity contribution >= 4 is 10.4 Å². The van der Waals surface area contributed by atoms with Crippen LogP contribution in [0.2, 0.25) is 0 Å². The van der Waals surface area contributed by atoms with Crippen LogP contribution in [0.3, 0.4) is 0 Å². The molecular weight excluding hydrogens is 374 g/mol. The summed E-state index contributed by atoms with van der Waals surface area (Å²) < 4.78 is 34.1. The van der Waals surface area contributed by atoms with Gasteiger partial charge in [-0.1, -0.05) is 71.3 Å². The van der Waals surface area contributed by atoms with Crippen LogP contribution in [-0.2, 0) is 30.3 Å². The zero-order valence-electron chi connectivity index (χ0n) is 15.7. The van der Waals surface area contributed by atoms with Gasteiger partial charge in [0.05, 0.1) is 6.61 Å². The third-order valence-electron chi connectivity index (χ3n) is 2.76. The van der Waals surface area contributed by atoms with Crippen LogP contribution in [0.5, 0.6) is 0 Å². The molecule has 11 heteroatoms. The van der Waals surface area contributed by atoms with E-state index in [4.69, 9.17) is 22.4 Å². The van der Waals surface area contributed by atoms with Crippen molar-refractivity contribution in [2.24, 2.45) is 0 Å². The van der Waals surface area contributed by atoms with E-state index in [0.29, 0.717) is 6.61 Å². The predicted octanol–water partition coefficient (Wildman–Crippen LogP) is -2.47. The fourth-order valence-corrected chi connectivity index (χ4v) is 1.75. The molecule has 0 aliphatic heterocycles. The molecule has 0 aliphatic rings. The first kappa shape index (κ1) is 33.8. The SMILES string of the molecule is C=COOOOCCCCCCCCCCCC.O=S(=O)([O-])[O-].[Na+].[Na+]. The van der Waals surface area contributed by atoms with E-state index in [2.05, 4.69) is 28.5 Å². The van der Waals surface area contributed by atoms with Crippen molar-refractivity contribution in [3.63, 3.8) is 0 Å². The van der Waals surface area contributed by atoms with Gasteiger partial charge in [0, 0.05) is 15.4 Å². The van der Waals surface area contributed by atoms with Gasteiger partial charge in [0.1, 0.15) is 6.26 Å². The van der Waals surface area contributed by atoms with Crippen molar-refractivity contribution in [1.29, 1.82) is 0 Å². The van der Waals surface area contributed by atoms with E-state index in [1.54, 1.807) is 0 Å². The molecule has 0 aromatic carbocycles. The van der Waals surface area contributed by atoms with Gasteiger partial charge >= 0.3 is 59.1 Å². The van der Waals surface area contributed by atoms with Crippen LogP contribution in [0.4, 0.5) is 0 Å². The zero-order chi connectivity index (χ0) is 17.8. The minimum atomic E-state index is -5.17. The van der Waals surface area contributed by atoms with E-state index in [1.165, 1.54) is 57.8 Å². The largest absolute Gasteiger partial charge is 1.00 e. The first-order chi connectivity index (χ1) is 10.9. The van der Waals surface area contributed by atoms with Gasteiger partial charge in [-0.3, -0.25) is 8.42 Å². The Morgan fingerprint density at radius 3 is 1.64 bits per heavy atom. The molecule has 0 aromatic rings. The Labute approximate surface area is 196 Å². The molecule has 140 valence electrons. The summed E-state index contributed by atoms with van der Waals surface area (Å²) in [4.78, 5) is 8.96. The molecule has 0 heterocycles. The molecule has 0 rings (SSSR count). The van der Waals surface area contributed by atoms with Gasteiger partial charge in [0.15, 0.2) is 0 Å². The molecule has 0 aliphatic carbocycles. The number of rotatable bonds is 15. The Hall–Kier alpha value is 1.29. The summed E-state index contributed by atoms with van der Waals surface area (Å²) in [5.41, 5.74) is 0. The average Bonchev–Trinajstić information content (AvgIpc) is 2.46. The van der Waals surface area contributed by atoms with E-state index in [9.17, 15) is 0 Å². The molecule has 0 saturated carbocycles. The van der Waals surface area contributed by atoms with Gasteiger partial charge in [-0.2, -0.15) is 0 Å². The van der Waals surface area contributed by atoms with E-state index in [0.717, 1.165) is 12.7 Å². The van der Waals surface area contributed by atoms with E-state index in [1.807, 2.05) is 0 Å². The molecule has 0 saturated heterocycles. The normalized spacial score (nSPS) is 9.88. The second-order valence-corrected chi connectivity index (χ2v) is 5.63. The first-order valence-electron chi connectivity index (χ1n) is 7.81. The monoisotopic (exact) mass is 402 g/mol. The fourth-order valence-electron chi connectivity index (χ4n) is 1.75. The van der Waals surface area contributed by atoms with Crippen molar-refractivity contribution in [1.82, 2.24) is 0 Å². The summed E-state index contributed by atoms with van der Waals surface area (Å²) in [5.74, 6) is 0. The summed E-state index contributed by atoms with van der Waals surface area (Å²) in [5, 5.41) is 8.40. The zero-order valence-corrected chi connectivity index (χ0v) is 20.6. The van der Waals surface area contributed by atoms with Gasteiger partial charge < -0.3 is 14.0 Å². The first-order valence-corrected chi connectivity index (χ1v) is 9.14. The molecule has 0 N–H and O–H groups in total. The minimum absolute atomic E-state index is 0. The smallest absolute Gasteiger partial charge is 0.759 e. The third kappa shape index (κ3) is 51.7. The number of hydrogen-bond acceptors (Lipinski definition) is 8. The van der Waals surface area contributed by atoms with E-state index >= 15 is 0 Å². The Morgan fingerprint density at radius 1 is 0.840 bits per heavy atom. The number of unbranched alkanes of at least 4 members (excludes halogenated alkanes) is 9. The van der Waals surface area contributed by atoms with Crippen molar-refractivity contribution in [3.8, 4) is 0 Å². The van der Waals surface area contributed by atoms with E-state index < -0.39 is 10.4 Å². The van der Waals surface area contributed by atoms with E-state index in [-0.39, 0.29) is 59.1 Å². The van der Waals surface area contributed by atoms with Crippen LogP contribution in [0.25, 0.3) is 0 Å². The minimum Gasteiger partial charge on any atom is -0.759 e. The summed E-state index contributed by atoms with van der Waals surface area (Å²) in [7, 11) is -5.17. The molecule has 0 radical (unpaired) electrons. The van der Waals surface area contributed by atoms with Crippen LogP contribution in [0.15, 0.2) is 12.8 Å². The standard InChI is InChI=1S/C14H28O4.2Na.H2O4S/c1-3-5-6-7-8-9-10-11-12-13-14-16-18-17-15-4-2;;;1-5(2,3)4/h4H,2-3,5-14H2,1H3;;;(H2,1,2,3,4)/q;2*+1;/p-2. The van der Waals surface area contributed by atoms with Gasteiger partial charge in [-0.25, -0.2) is 4.89 Å². The Kier molecular flexibility index (Phi) is 37.2. The van der Waals surface area contributed by atoms with Crippen molar-refractivity contribution in [3.05, 3.63) is 12.8 Å². The van der Waals surface area contributed by atoms with Crippen molar-refractivity contribution < 1.29 is 96.5 Å². The molecule has 0 aromatic heterocycles. The molecule has 25 heavy (non-hydrogen) atoms. The van der Waals surface area contributed by atoms with Gasteiger partial charge in [-0.15, -0.1) is 0 Å². The maximum Gasteiger partial charge on any atom is 1.00 e. The quantitative estimate of drug-likeness (QED) is 0.0563. The Morgan fingerprint density at radius 2 is 1.24 bits per heavy atom. The number of hydrogen-bond donors (Lipinski definition) is 0. The fraction of sp³-hybridized carbons (Fsp3) is 0.857. The molecule has 0 bridgehead atoms. The summed E-state index contributed by atoms with van der Waals surface area (Å²) in [6.45, 7) is 6.05. The molecule has 8 nitrogen and oxygen atoms in total.